The van der Waals surface area contributed by atoms with Gasteiger partial charge in [-0.25, -0.2) is 4.39 Å². The van der Waals surface area contributed by atoms with Gasteiger partial charge in [-0.15, -0.1) is 0 Å². The Bertz CT molecular complexity index is 413. The Labute approximate surface area is 115 Å². The Kier molecular flexibility index (Phi) is 5.32. The highest BCUT2D eigenvalue weighted by molar-refractivity contribution is 5.54. The molecule has 0 atom stereocenters. The number of halogens is 1. The highest BCUT2D eigenvalue weighted by Crippen LogP contribution is 2.23. The molecule has 0 aliphatic carbocycles. The first kappa shape index (κ1) is 15.9. The summed E-state index contributed by atoms with van der Waals surface area (Å²) in [5.74, 6) is -0.215. The highest BCUT2D eigenvalue weighted by atomic mass is 19.1. The average molecular weight is 268 g/mol. The molecule has 0 fully saturated rings. The van der Waals surface area contributed by atoms with E-state index in [4.69, 9.17) is 0 Å². The van der Waals surface area contributed by atoms with Crippen molar-refractivity contribution in [3.05, 3.63) is 29.6 Å². The molecule has 108 valence electrons. The lowest BCUT2D eigenvalue weighted by Crippen LogP contribution is -2.37. The van der Waals surface area contributed by atoms with Gasteiger partial charge in [0.2, 0.25) is 0 Å². The molecule has 0 spiro atoms. The maximum Gasteiger partial charge on any atom is 0.129 e. The van der Waals surface area contributed by atoms with Crippen molar-refractivity contribution in [1.82, 2.24) is 5.32 Å². The second-order valence-corrected chi connectivity index (χ2v) is 5.94. The molecule has 19 heavy (non-hydrogen) atoms. The normalized spacial score (nSPS) is 12.0. The van der Waals surface area contributed by atoms with E-state index in [-0.39, 0.29) is 5.82 Å². The molecule has 0 aliphatic rings. The third-order valence-electron chi connectivity index (χ3n) is 2.82. The Balaban J connectivity index is 2.96. The number of hydrogen-bond acceptors (Lipinski definition) is 3. The van der Waals surface area contributed by atoms with Gasteiger partial charge in [-0.3, -0.25) is 0 Å². The molecule has 0 unspecified atom stereocenters. The molecule has 0 saturated heterocycles. The molecule has 1 aromatic rings. The lowest BCUT2D eigenvalue weighted by atomic mass is 10.1. The van der Waals surface area contributed by atoms with Crippen LogP contribution in [0.1, 0.15) is 33.3 Å². The summed E-state index contributed by atoms with van der Waals surface area (Å²) in [5.41, 5.74) is 0.641. The molecule has 1 aromatic carbocycles. The molecular formula is C15H25FN2O. The van der Waals surface area contributed by atoms with Gasteiger partial charge in [0.15, 0.2) is 0 Å². The van der Waals surface area contributed by atoms with Crippen molar-refractivity contribution in [3.8, 4) is 0 Å². The monoisotopic (exact) mass is 268 g/mol. The van der Waals surface area contributed by atoms with Crippen LogP contribution in [0.2, 0.25) is 0 Å². The molecule has 1 rings (SSSR count). The second kappa shape index (κ2) is 6.35. The predicted molar refractivity (Wildman–Crippen MR) is 77.9 cm³/mol. The first-order chi connectivity index (χ1) is 8.70. The molecule has 4 heteroatoms. The summed E-state index contributed by atoms with van der Waals surface area (Å²) >= 11 is 0. The summed E-state index contributed by atoms with van der Waals surface area (Å²) in [7, 11) is 1.87. The minimum atomic E-state index is -0.816. The van der Waals surface area contributed by atoms with Crippen molar-refractivity contribution < 1.29 is 9.50 Å². The molecule has 0 aliphatic heterocycles. The molecule has 0 aromatic heterocycles. The van der Waals surface area contributed by atoms with Gasteiger partial charge in [0, 0.05) is 37.4 Å². The third kappa shape index (κ3) is 5.17. The first-order valence-electron chi connectivity index (χ1n) is 6.65. The van der Waals surface area contributed by atoms with Crippen molar-refractivity contribution >= 4 is 5.69 Å². The molecular weight excluding hydrogens is 243 g/mol. The van der Waals surface area contributed by atoms with Crippen LogP contribution in [0.5, 0.6) is 0 Å². The van der Waals surface area contributed by atoms with E-state index in [2.05, 4.69) is 5.32 Å². The van der Waals surface area contributed by atoms with E-state index in [1.165, 1.54) is 6.07 Å². The number of nitrogens with one attached hydrogen (secondary N) is 1. The quantitative estimate of drug-likeness (QED) is 0.832. The number of hydrogen-bond donors (Lipinski definition) is 2. The molecule has 0 amide bonds. The fourth-order valence-corrected chi connectivity index (χ4v) is 2.05. The van der Waals surface area contributed by atoms with Gasteiger partial charge in [-0.1, -0.05) is 19.9 Å². The summed E-state index contributed by atoms with van der Waals surface area (Å²) in [6.07, 6.45) is 0. The van der Waals surface area contributed by atoms with E-state index in [1.807, 2.05) is 31.9 Å². The van der Waals surface area contributed by atoms with Gasteiger partial charge >= 0.3 is 0 Å². The van der Waals surface area contributed by atoms with Crippen LogP contribution in [0, 0.1) is 5.82 Å². The molecule has 0 radical (unpaired) electrons. The Hall–Kier alpha value is -1.13. The maximum absolute atomic E-state index is 14.0. The second-order valence-electron chi connectivity index (χ2n) is 5.94. The summed E-state index contributed by atoms with van der Waals surface area (Å²) < 4.78 is 14.0. The van der Waals surface area contributed by atoms with E-state index in [9.17, 15) is 9.50 Å². The van der Waals surface area contributed by atoms with Gasteiger partial charge in [0.25, 0.3) is 0 Å². The number of rotatable bonds is 6. The zero-order valence-electron chi connectivity index (χ0n) is 12.5. The minimum Gasteiger partial charge on any atom is -0.389 e. The van der Waals surface area contributed by atoms with Crippen molar-refractivity contribution in [3.63, 3.8) is 0 Å². The zero-order chi connectivity index (χ0) is 14.6. The maximum atomic E-state index is 14.0. The molecule has 0 heterocycles. The summed E-state index contributed by atoms with van der Waals surface area (Å²) in [6.45, 7) is 8.48. The third-order valence-corrected chi connectivity index (χ3v) is 2.82. The Morgan fingerprint density at radius 3 is 2.53 bits per heavy atom. The van der Waals surface area contributed by atoms with E-state index >= 15 is 0 Å². The van der Waals surface area contributed by atoms with E-state index < -0.39 is 5.60 Å². The van der Waals surface area contributed by atoms with Crippen LogP contribution >= 0.6 is 0 Å². The lowest BCUT2D eigenvalue weighted by molar-refractivity contribution is 0.0885. The van der Waals surface area contributed by atoms with Crippen molar-refractivity contribution in [2.45, 2.75) is 45.9 Å². The minimum absolute atomic E-state index is 0.215. The number of aliphatic hydroxyl groups is 1. The zero-order valence-corrected chi connectivity index (χ0v) is 12.5. The lowest BCUT2D eigenvalue weighted by Gasteiger charge is -2.29. The Morgan fingerprint density at radius 2 is 2.00 bits per heavy atom. The molecule has 0 bridgehead atoms. The van der Waals surface area contributed by atoms with E-state index in [0.29, 0.717) is 24.7 Å². The molecule has 3 nitrogen and oxygen atoms in total. The average Bonchev–Trinajstić information content (AvgIpc) is 2.24. The van der Waals surface area contributed by atoms with Crippen molar-refractivity contribution in [2.24, 2.45) is 0 Å². The highest BCUT2D eigenvalue weighted by Gasteiger charge is 2.19. The summed E-state index contributed by atoms with van der Waals surface area (Å²) in [5, 5.41) is 13.1. The predicted octanol–water partition coefficient (Wildman–Crippen LogP) is 2.53. The number of benzene rings is 1. The summed E-state index contributed by atoms with van der Waals surface area (Å²) in [4.78, 5) is 1.89. The van der Waals surface area contributed by atoms with E-state index in [0.717, 1.165) is 5.69 Å². The van der Waals surface area contributed by atoms with Crippen molar-refractivity contribution in [2.75, 3.05) is 18.5 Å². The molecule has 2 N–H and O–H groups in total. The fraction of sp³-hybridized carbons (Fsp3) is 0.600. The number of nitrogens with zero attached hydrogens (tertiary/aromatic N) is 1. The van der Waals surface area contributed by atoms with Gasteiger partial charge in [0.1, 0.15) is 5.82 Å². The van der Waals surface area contributed by atoms with Crippen LogP contribution in [0.25, 0.3) is 0 Å². The molecule has 0 saturated carbocycles. The fourth-order valence-electron chi connectivity index (χ4n) is 2.05. The van der Waals surface area contributed by atoms with Gasteiger partial charge in [-0.2, -0.15) is 0 Å². The van der Waals surface area contributed by atoms with Crippen LogP contribution in [0.15, 0.2) is 18.2 Å². The van der Waals surface area contributed by atoms with Crippen molar-refractivity contribution in [1.29, 1.82) is 0 Å². The first-order valence-corrected chi connectivity index (χ1v) is 6.65. The van der Waals surface area contributed by atoms with Gasteiger partial charge in [0.05, 0.1) is 5.60 Å². The van der Waals surface area contributed by atoms with Crippen LogP contribution in [0.3, 0.4) is 0 Å². The largest absolute Gasteiger partial charge is 0.389 e. The van der Waals surface area contributed by atoms with Gasteiger partial charge < -0.3 is 15.3 Å². The van der Waals surface area contributed by atoms with E-state index in [1.54, 1.807) is 19.9 Å². The SMILES string of the molecule is CC(C)NCc1c(F)cccc1N(C)CC(C)(C)O. The standard InChI is InChI=1S/C15H25FN2O/c1-11(2)17-9-12-13(16)7-6-8-14(12)18(5)10-15(3,4)19/h6-8,11,17,19H,9-10H2,1-5H3. The van der Waals surface area contributed by atoms with Crippen LogP contribution in [-0.2, 0) is 6.54 Å². The van der Waals surface area contributed by atoms with Crippen LogP contribution < -0.4 is 10.2 Å². The topological polar surface area (TPSA) is 35.5 Å². The number of anilines is 1. The smallest absolute Gasteiger partial charge is 0.129 e. The van der Waals surface area contributed by atoms with Crippen LogP contribution in [0.4, 0.5) is 10.1 Å². The Morgan fingerprint density at radius 1 is 1.37 bits per heavy atom. The van der Waals surface area contributed by atoms with Crippen LogP contribution in [-0.4, -0.2) is 30.3 Å². The summed E-state index contributed by atoms with van der Waals surface area (Å²) in [6, 6.07) is 5.35. The van der Waals surface area contributed by atoms with Gasteiger partial charge in [-0.05, 0) is 26.0 Å². The number of likely N-dealkylation sites (N-methyl/N-ethyl adjacent to an activating group) is 1.